The quantitative estimate of drug-likeness (QED) is 0.541. The van der Waals surface area contributed by atoms with Gasteiger partial charge in [-0.3, -0.25) is 0 Å². The molecule has 33 heavy (non-hydrogen) atoms. The second-order valence-electron chi connectivity index (χ2n) is 10.3. The van der Waals surface area contributed by atoms with Crippen molar-refractivity contribution in [1.82, 2.24) is 14.9 Å². The molecule has 1 atom stereocenters. The summed E-state index contributed by atoms with van der Waals surface area (Å²) in [6.07, 6.45) is 6.51. The van der Waals surface area contributed by atoms with E-state index in [-0.39, 0.29) is 0 Å². The first kappa shape index (κ1) is 22.4. The van der Waals surface area contributed by atoms with Crippen molar-refractivity contribution in [2.45, 2.75) is 70.1 Å². The third kappa shape index (κ3) is 4.53. The number of hydrogen-bond acceptors (Lipinski definition) is 4. The van der Waals surface area contributed by atoms with Crippen LogP contribution in [0, 0.1) is 17.2 Å². The highest BCUT2D eigenvalue weighted by Gasteiger charge is 2.31. The highest BCUT2D eigenvalue weighted by molar-refractivity contribution is 6.31. The fraction of sp³-hybridized carbons (Fsp3) is 0.481. The average Bonchev–Trinajstić information content (AvgIpc) is 3.38. The topological polar surface area (TPSA) is 73.9 Å². The first-order chi connectivity index (χ1) is 15.8. The Morgan fingerprint density at radius 3 is 2.61 bits per heavy atom. The molecule has 0 aliphatic heterocycles. The third-order valence-electron chi connectivity index (χ3n) is 7.31. The van der Waals surface area contributed by atoms with Crippen LogP contribution in [0.5, 0.6) is 0 Å². The summed E-state index contributed by atoms with van der Waals surface area (Å²) >= 11 is 6.20. The molecular weight excluding hydrogens is 432 g/mol. The Morgan fingerprint density at radius 1 is 1.12 bits per heavy atom. The van der Waals surface area contributed by atoms with Crippen molar-refractivity contribution in [2.75, 3.05) is 6.54 Å². The molecule has 2 aliphatic rings. The number of hydrogen-bond donors (Lipinski definition) is 2. The molecule has 2 aliphatic carbocycles. The van der Waals surface area contributed by atoms with Gasteiger partial charge in [-0.15, -0.1) is 0 Å². The van der Waals surface area contributed by atoms with E-state index in [4.69, 9.17) is 21.8 Å². The van der Waals surface area contributed by atoms with Crippen molar-refractivity contribution < 1.29 is 5.11 Å². The summed E-state index contributed by atoms with van der Waals surface area (Å²) in [7, 11) is 0. The number of aliphatic hydroxyl groups is 1. The Bertz CT molecular complexity index is 1210. The minimum atomic E-state index is -1.01. The Kier molecular flexibility index (Phi) is 5.95. The van der Waals surface area contributed by atoms with Crippen molar-refractivity contribution in [3.05, 3.63) is 63.9 Å². The van der Waals surface area contributed by atoms with Crippen LogP contribution in [0.15, 0.2) is 36.4 Å². The van der Waals surface area contributed by atoms with Crippen LogP contribution in [0.3, 0.4) is 0 Å². The maximum atomic E-state index is 10.8. The molecule has 1 fully saturated rings. The van der Waals surface area contributed by atoms with Gasteiger partial charge in [-0.1, -0.05) is 17.7 Å². The average molecular weight is 463 g/mol. The fourth-order valence-electron chi connectivity index (χ4n) is 5.67. The van der Waals surface area contributed by atoms with Gasteiger partial charge in [0, 0.05) is 17.1 Å². The van der Waals surface area contributed by atoms with Gasteiger partial charge in [0.2, 0.25) is 0 Å². The number of imidazole rings is 1. The largest absolute Gasteiger partial charge is 0.383 e. The number of rotatable bonds is 5. The molecule has 3 aromatic rings. The van der Waals surface area contributed by atoms with Gasteiger partial charge >= 0.3 is 0 Å². The van der Waals surface area contributed by atoms with Gasteiger partial charge in [0.1, 0.15) is 11.4 Å². The molecule has 0 spiro atoms. The molecule has 0 amide bonds. The predicted molar refractivity (Wildman–Crippen MR) is 131 cm³/mol. The van der Waals surface area contributed by atoms with E-state index in [1.54, 1.807) is 13.8 Å². The van der Waals surface area contributed by atoms with Crippen molar-refractivity contribution >= 4 is 22.6 Å². The monoisotopic (exact) mass is 462 g/mol. The highest BCUT2D eigenvalue weighted by atomic mass is 35.5. The lowest BCUT2D eigenvalue weighted by Crippen LogP contribution is -2.37. The van der Waals surface area contributed by atoms with E-state index in [2.05, 4.69) is 28.1 Å². The van der Waals surface area contributed by atoms with Crippen molar-refractivity contribution in [3.63, 3.8) is 0 Å². The van der Waals surface area contributed by atoms with Crippen LogP contribution < -0.4 is 5.32 Å². The smallest absolute Gasteiger partial charge is 0.141 e. The Hall–Kier alpha value is -2.39. The van der Waals surface area contributed by atoms with E-state index in [0.29, 0.717) is 23.0 Å². The molecular formula is C27H31ClN4O. The molecule has 2 aromatic carbocycles. The Morgan fingerprint density at radius 2 is 1.88 bits per heavy atom. The number of nitriles is 1. The summed E-state index contributed by atoms with van der Waals surface area (Å²) in [5.41, 5.74) is 4.39. The van der Waals surface area contributed by atoms with E-state index in [1.165, 1.54) is 11.1 Å². The van der Waals surface area contributed by atoms with Gasteiger partial charge in [-0.2, -0.15) is 5.26 Å². The molecule has 0 saturated heterocycles. The highest BCUT2D eigenvalue weighted by Crippen LogP contribution is 2.36. The molecule has 172 valence electrons. The molecule has 2 N–H and O–H groups in total. The van der Waals surface area contributed by atoms with Gasteiger partial charge in [-0.05, 0) is 106 Å². The zero-order valence-electron chi connectivity index (χ0n) is 19.3. The van der Waals surface area contributed by atoms with Gasteiger partial charge in [-0.25, -0.2) is 4.98 Å². The summed E-state index contributed by atoms with van der Waals surface area (Å²) in [5.74, 6) is 1.33. The van der Waals surface area contributed by atoms with Crippen LogP contribution >= 0.6 is 11.6 Å². The number of fused-ring (bicyclic) bond motifs is 2. The maximum Gasteiger partial charge on any atom is 0.141 e. The maximum absolute atomic E-state index is 10.8. The van der Waals surface area contributed by atoms with E-state index < -0.39 is 5.60 Å². The number of nitrogens with one attached hydrogen (secondary N) is 1. The molecule has 1 aromatic heterocycles. The van der Waals surface area contributed by atoms with Crippen molar-refractivity contribution in [3.8, 4) is 6.07 Å². The van der Waals surface area contributed by atoms with Crippen molar-refractivity contribution in [1.29, 1.82) is 5.26 Å². The van der Waals surface area contributed by atoms with E-state index >= 15 is 0 Å². The standard InChI is InChI=1S/C27H31ClN4O/c1-27(2,33)26-31-24-14-21(28)5-10-25(24)32(26)23-8-6-22(7-9-23)30-16-18-12-19-4-3-17(15-29)11-20(19)13-18/h3-5,10-11,14,18,22-23,30,33H,6-9,12-13,16H2,1-2H3. The number of halogens is 1. The Balaban J connectivity index is 1.22. The van der Waals surface area contributed by atoms with Crippen LogP contribution in [-0.4, -0.2) is 27.2 Å². The third-order valence-corrected chi connectivity index (χ3v) is 7.54. The molecule has 0 radical (unpaired) electrons. The van der Waals surface area contributed by atoms with Crippen LogP contribution in [-0.2, 0) is 18.4 Å². The normalized spacial score (nSPS) is 22.9. The molecule has 1 heterocycles. The zero-order valence-corrected chi connectivity index (χ0v) is 20.1. The van der Waals surface area contributed by atoms with Crippen LogP contribution in [0.25, 0.3) is 11.0 Å². The zero-order chi connectivity index (χ0) is 23.2. The number of benzene rings is 2. The van der Waals surface area contributed by atoms with Crippen LogP contribution in [0.2, 0.25) is 5.02 Å². The summed E-state index contributed by atoms with van der Waals surface area (Å²) in [5, 5.41) is 24.4. The van der Waals surface area contributed by atoms with E-state index in [9.17, 15) is 5.11 Å². The van der Waals surface area contributed by atoms with Crippen LogP contribution in [0.1, 0.15) is 68.1 Å². The summed E-state index contributed by atoms with van der Waals surface area (Å²) in [6.45, 7) is 4.63. The molecule has 5 rings (SSSR count). The minimum absolute atomic E-state index is 0.329. The Labute approximate surface area is 200 Å². The number of aromatic nitrogens is 2. The summed E-state index contributed by atoms with van der Waals surface area (Å²) < 4.78 is 2.25. The summed E-state index contributed by atoms with van der Waals surface area (Å²) in [6, 6.07) is 15.0. The lowest BCUT2D eigenvalue weighted by Gasteiger charge is -2.33. The first-order valence-corrected chi connectivity index (χ1v) is 12.3. The van der Waals surface area contributed by atoms with E-state index in [0.717, 1.165) is 67.5 Å². The van der Waals surface area contributed by atoms with Gasteiger partial charge < -0.3 is 15.0 Å². The SMILES string of the molecule is CC(C)(O)c1nc2cc(Cl)ccc2n1C1CCC(NCC2Cc3ccc(C#N)cc3C2)CC1. The predicted octanol–water partition coefficient (Wildman–Crippen LogP) is 5.28. The minimum Gasteiger partial charge on any atom is -0.383 e. The van der Waals surface area contributed by atoms with Gasteiger partial charge in [0.25, 0.3) is 0 Å². The number of nitrogens with zero attached hydrogens (tertiary/aromatic N) is 3. The molecule has 5 nitrogen and oxygen atoms in total. The molecule has 1 unspecified atom stereocenters. The molecule has 0 bridgehead atoms. The van der Waals surface area contributed by atoms with Gasteiger partial charge in [0.05, 0.1) is 22.7 Å². The fourth-order valence-corrected chi connectivity index (χ4v) is 5.83. The second-order valence-corrected chi connectivity index (χ2v) is 10.7. The second kappa shape index (κ2) is 8.76. The lowest BCUT2D eigenvalue weighted by atomic mass is 9.90. The molecule has 6 heteroatoms. The van der Waals surface area contributed by atoms with Crippen LogP contribution in [0.4, 0.5) is 0 Å². The van der Waals surface area contributed by atoms with Crippen molar-refractivity contribution in [2.24, 2.45) is 5.92 Å². The molecule has 1 saturated carbocycles. The lowest BCUT2D eigenvalue weighted by molar-refractivity contribution is 0.0620. The summed E-state index contributed by atoms with van der Waals surface area (Å²) in [4.78, 5) is 4.75. The van der Waals surface area contributed by atoms with E-state index in [1.807, 2.05) is 24.3 Å². The first-order valence-electron chi connectivity index (χ1n) is 12.0. The van der Waals surface area contributed by atoms with Gasteiger partial charge in [0.15, 0.2) is 0 Å².